The molecule has 1 atom stereocenters. The molecular formula is C12H23FN2O2. The van der Waals surface area contributed by atoms with Crippen molar-refractivity contribution in [1.82, 2.24) is 9.80 Å². The largest absolute Gasteiger partial charge is 0.444 e. The van der Waals surface area contributed by atoms with Crippen LogP contribution >= 0.6 is 0 Å². The second-order valence-electron chi connectivity index (χ2n) is 5.54. The summed E-state index contributed by atoms with van der Waals surface area (Å²) in [5, 5.41) is 0. The number of hydrogen-bond donors (Lipinski definition) is 0. The molecule has 0 aromatic carbocycles. The van der Waals surface area contributed by atoms with E-state index < -0.39 is 5.60 Å². The van der Waals surface area contributed by atoms with E-state index in [1.165, 1.54) is 0 Å². The third-order valence-electron chi connectivity index (χ3n) is 2.87. The van der Waals surface area contributed by atoms with Crippen LogP contribution in [-0.2, 0) is 4.74 Å². The molecular weight excluding hydrogens is 223 g/mol. The smallest absolute Gasteiger partial charge is 0.410 e. The van der Waals surface area contributed by atoms with Crippen LogP contribution in [0.15, 0.2) is 0 Å². The molecule has 0 bridgehead atoms. The van der Waals surface area contributed by atoms with Gasteiger partial charge in [-0.2, -0.15) is 0 Å². The molecule has 1 saturated heterocycles. The lowest BCUT2D eigenvalue weighted by Crippen LogP contribution is -2.54. The molecule has 0 aromatic rings. The first-order chi connectivity index (χ1) is 7.83. The normalized spacial score (nSPS) is 22.6. The summed E-state index contributed by atoms with van der Waals surface area (Å²) >= 11 is 0. The number of amides is 1. The van der Waals surface area contributed by atoms with Gasteiger partial charge in [-0.1, -0.05) is 0 Å². The van der Waals surface area contributed by atoms with E-state index in [9.17, 15) is 9.18 Å². The molecule has 0 spiro atoms. The van der Waals surface area contributed by atoms with Crippen molar-refractivity contribution in [1.29, 1.82) is 0 Å². The third kappa shape index (κ3) is 4.50. The number of carbonyl (C=O) groups is 1. The van der Waals surface area contributed by atoms with Crippen molar-refractivity contribution < 1.29 is 13.9 Å². The van der Waals surface area contributed by atoms with Gasteiger partial charge in [0.25, 0.3) is 0 Å². The van der Waals surface area contributed by atoms with Crippen molar-refractivity contribution in [2.45, 2.75) is 38.8 Å². The molecule has 0 N–H and O–H groups in total. The Morgan fingerprint density at radius 1 is 1.41 bits per heavy atom. The van der Waals surface area contributed by atoms with Gasteiger partial charge in [0.1, 0.15) is 5.60 Å². The van der Waals surface area contributed by atoms with Crippen molar-refractivity contribution in [3.8, 4) is 0 Å². The van der Waals surface area contributed by atoms with Gasteiger partial charge in [0.2, 0.25) is 0 Å². The van der Waals surface area contributed by atoms with E-state index in [0.717, 1.165) is 6.54 Å². The van der Waals surface area contributed by atoms with Crippen LogP contribution in [0, 0.1) is 0 Å². The fourth-order valence-corrected chi connectivity index (χ4v) is 1.88. The van der Waals surface area contributed by atoms with Gasteiger partial charge in [-0.05, 0) is 34.2 Å². The predicted octanol–water partition coefficient (Wildman–Crippen LogP) is 1.90. The van der Waals surface area contributed by atoms with E-state index in [1.807, 2.05) is 27.8 Å². The van der Waals surface area contributed by atoms with Gasteiger partial charge in [0, 0.05) is 25.7 Å². The van der Waals surface area contributed by atoms with Crippen LogP contribution in [0.1, 0.15) is 27.2 Å². The number of rotatable bonds is 2. The molecule has 0 radical (unpaired) electrons. The monoisotopic (exact) mass is 246 g/mol. The molecule has 1 aliphatic heterocycles. The lowest BCUT2D eigenvalue weighted by molar-refractivity contribution is 0.00616. The minimum Gasteiger partial charge on any atom is -0.444 e. The highest BCUT2D eigenvalue weighted by Gasteiger charge is 2.29. The highest BCUT2D eigenvalue weighted by molar-refractivity contribution is 5.68. The van der Waals surface area contributed by atoms with E-state index in [4.69, 9.17) is 4.74 Å². The van der Waals surface area contributed by atoms with Crippen molar-refractivity contribution in [2.24, 2.45) is 0 Å². The molecule has 1 amide bonds. The summed E-state index contributed by atoms with van der Waals surface area (Å²) < 4.78 is 17.7. The van der Waals surface area contributed by atoms with Crippen molar-refractivity contribution in [2.75, 3.05) is 33.4 Å². The lowest BCUT2D eigenvalue weighted by Gasteiger charge is -2.39. The molecule has 1 rings (SSSR count). The summed E-state index contributed by atoms with van der Waals surface area (Å²) in [6, 6.07) is 0.0984. The number of halogens is 1. The maximum absolute atomic E-state index is 12.4. The van der Waals surface area contributed by atoms with E-state index >= 15 is 0 Å². The summed E-state index contributed by atoms with van der Waals surface area (Å²) in [4.78, 5) is 15.6. The standard InChI is InChI=1S/C12H23FN2O2/c1-12(2,3)17-11(16)15-8-7-14(4)10(9-15)5-6-13/h10H,5-9H2,1-4H3. The van der Waals surface area contributed by atoms with E-state index in [1.54, 1.807) is 4.90 Å². The Morgan fingerprint density at radius 2 is 2.06 bits per heavy atom. The van der Waals surface area contributed by atoms with Gasteiger partial charge in [0.05, 0.1) is 6.67 Å². The maximum Gasteiger partial charge on any atom is 0.410 e. The summed E-state index contributed by atoms with van der Waals surface area (Å²) in [7, 11) is 1.97. The summed E-state index contributed by atoms with van der Waals surface area (Å²) in [5.74, 6) is 0. The second-order valence-corrected chi connectivity index (χ2v) is 5.54. The molecule has 1 heterocycles. The Morgan fingerprint density at radius 3 is 2.59 bits per heavy atom. The molecule has 4 nitrogen and oxygen atoms in total. The zero-order chi connectivity index (χ0) is 13.1. The SMILES string of the molecule is CN1CCN(C(=O)OC(C)(C)C)CC1CCF. The lowest BCUT2D eigenvalue weighted by atomic mass is 10.1. The van der Waals surface area contributed by atoms with E-state index in [-0.39, 0.29) is 18.8 Å². The molecule has 1 fully saturated rings. The molecule has 0 saturated carbocycles. The van der Waals surface area contributed by atoms with Crippen LogP contribution in [0.2, 0.25) is 0 Å². The van der Waals surface area contributed by atoms with Gasteiger partial charge in [0.15, 0.2) is 0 Å². The summed E-state index contributed by atoms with van der Waals surface area (Å²) in [5.41, 5.74) is -0.476. The Kier molecular flexibility index (Phi) is 4.74. The second kappa shape index (κ2) is 5.67. The Balaban J connectivity index is 2.52. The predicted molar refractivity (Wildman–Crippen MR) is 64.8 cm³/mol. The fourth-order valence-electron chi connectivity index (χ4n) is 1.88. The number of ether oxygens (including phenoxy) is 1. The minimum absolute atomic E-state index is 0.0984. The number of carbonyl (C=O) groups excluding carboxylic acids is 1. The van der Waals surface area contributed by atoms with E-state index in [0.29, 0.717) is 19.5 Å². The first-order valence-electron chi connectivity index (χ1n) is 6.07. The molecule has 100 valence electrons. The van der Waals surface area contributed by atoms with Crippen LogP contribution in [0.4, 0.5) is 9.18 Å². The quantitative estimate of drug-likeness (QED) is 0.746. The number of hydrogen-bond acceptors (Lipinski definition) is 3. The van der Waals surface area contributed by atoms with Crippen LogP contribution in [0.25, 0.3) is 0 Å². The van der Waals surface area contributed by atoms with Crippen LogP contribution in [0.3, 0.4) is 0 Å². The fraction of sp³-hybridized carbons (Fsp3) is 0.917. The van der Waals surface area contributed by atoms with Gasteiger partial charge >= 0.3 is 6.09 Å². The van der Waals surface area contributed by atoms with Gasteiger partial charge in [-0.25, -0.2) is 4.79 Å². The molecule has 5 heteroatoms. The zero-order valence-corrected chi connectivity index (χ0v) is 11.2. The Hall–Kier alpha value is -0.840. The van der Waals surface area contributed by atoms with Crippen LogP contribution in [0.5, 0.6) is 0 Å². The van der Waals surface area contributed by atoms with Crippen molar-refractivity contribution in [3.05, 3.63) is 0 Å². The van der Waals surface area contributed by atoms with Crippen molar-refractivity contribution >= 4 is 6.09 Å². The molecule has 0 aliphatic carbocycles. The van der Waals surface area contributed by atoms with Crippen molar-refractivity contribution in [3.63, 3.8) is 0 Å². The third-order valence-corrected chi connectivity index (χ3v) is 2.87. The number of likely N-dealkylation sites (N-methyl/N-ethyl adjacent to an activating group) is 1. The number of piperazine rings is 1. The number of alkyl halides is 1. The average molecular weight is 246 g/mol. The Bertz CT molecular complexity index is 266. The van der Waals surface area contributed by atoms with Gasteiger partial charge in [-0.15, -0.1) is 0 Å². The highest BCUT2D eigenvalue weighted by atomic mass is 19.1. The average Bonchev–Trinajstić information content (AvgIpc) is 2.19. The molecule has 1 aliphatic rings. The first-order valence-corrected chi connectivity index (χ1v) is 6.07. The van der Waals surface area contributed by atoms with Gasteiger partial charge < -0.3 is 9.64 Å². The first kappa shape index (κ1) is 14.2. The molecule has 0 aromatic heterocycles. The maximum atomic E-state index is 12.4. The van der Waals surface area contributed by atoms with Gasteiger partial charge in [-0.3, -0.25) is 9.29 Å². The zero-order valence-electron chi connectivity index (χ0n) is 11.2. The Labute approximate surface area is 103 Å². The topological polar surface area (TPSA) is 32.8 Å². The highest BCUT2D eigenvalue weighted by Crippen LogP contribution is 2.15. The summed E-state index contributed by atoms with van der Waals surface area (Å²) in [6.07, 6.45) is 0.171. The molecule has 1 unspecified atom stereocenters. The van der Waals surface area contributed by atoms with E-state index in [2.05, 4.69) is 4.90 Å². The number of nitrogens with zero attached hydrogens (tertiary/aromatic N) is 2. The van der Waals surface area contributed by atoms with Crippen LogP contribution in [-0.4, -0.2) is 60.9 Å². The summed E-state index contributed by atoms with van der Waals surface area (Å²) in [6.45, 7) is 7.16. The van der Waals surface area contributed by atoms with Crippen LogP contribution < -0.4 is 0 Å². The molecule has 17 heavy (non-hydrogen) atoms. The minimum atomic E-state index is -0.476.